The summed E-state index contributed by atoms with van der Waals surface area (Å²) in [6.45, 7) is 1.43. The number of carbonyl (C=O) groups excluding carboxylic acids is 1. The molecule has 0 spiro atoms. The molecule has 5 heteroatoms. The quantitative estimate of drug-likeness (QED) is 0.769. The summed E-state index contributed by atoms with van der Waals surface area (Å²) in [6, 6.07) is 5.91. The fraction of sp³-hybridized carbons (Fsp3) is 0.273. The third kappa shape index (κ3) is 3.32. The number of halogens is 1. The molecule has 1 rings (SSSR count). The molecule has 2 N–H and O–H groups in total. The van der Waals surface area contributed by atoms with Gasteiger partial charge in [-0.2, -0.15) is 0 Å². The molecule has 0 amide bonds. The van der Waals surface area contributed by atoms with Gasteiger partial charge in [-0.15, -0.1) is 0 Å². The van der Waals surface area contributed by atoms with Crippen LogP contribution in [0.2, 0.25) is 5.02 Å². The summed E-state index contributed by atoms with van der Waals surface area (Å²) in [5.74, 6) is -1.22. The standard InChI is InChI=1S/C11H12ClNO3/c1-7(11(15)16)13-6-10(14)8-4-2-3-5-9(8)12/h2-5,7,13H,6H2,1H3,(H,15,16)/t7-/m1/s1. The van der Waals surface area contributed by atoms with Gasteiger partial charge in [-0.25, -0.2) is 0 Å². The zero-order valence-corrected chi connectivity index (χ0v) is 9.49. The average molecular weight is 242 g/mol. The lowest BCUT2D eigenvalue weighted by Crippen LogP contribution is -2.37. The molecule has 0 saturated heterocycles. The van der Waals surface area contributed by atoms with Crippen LogP contribution in [0.3, 0.4) is 0 Å². The third-order valence-corrected chi connectivity index (χ3v) is 2.44. The van der Waals surface area contributed by atoms with E-state index in [9.17, 15) is 9.59 Å². The SMILES string of the molecule is C[C@@H](NCC(=O)c1ccccc1Cl)C(=O)O. The van der Waals surface area contributed by atoms with E-state index in [1.807, 2.05) is 0 Å². The van der Waals surface area contributed by atoms with Crippen molar-refractivity contribution in [2.45, 2.75) is 13.0 Å². The van der Waals surface area contributed by atoms with Crippen LogP contribution in [0.25, 0.3) is 0 Å². The van der Waals surface area contributed by atoms with Crippen molar-refractivity contribution in [1.29, 1.82) is 0 Å². The minimum Gasteiger partial charge on any atom is -0.480 e. The van der Waals surface area contributed by atoms with E-state index in [0.717, 1.165) is 0 Å². The van der Waals surface area contributed by atoms with Crippen LogP contribution in [0, 0.1) is 0 Å². The topological polar surface area (TPSA) is 66.4 Å². The van der Waals surface area contributed by atoms with Crippen LogP contribution in [0.4, 0.5) is 0 Å². The minimum absolute atomic E-state index is 0.0444. The van der Waals surface area contributed by atoms with Crippen LogP contribution in [0.15, 0.2) is 24.3 Å². The van der Waals surface area contributed by atoms with E-state index in [4.69, 9.17) is 16.7 Å². The Kier molecular flexibility index (Phi) is 4.46. The molecular formula is C11H12ClNO3. The van der Waals surface area contributed by atoms with Crippen LogP contribution in [0.1, 0.15) is 17.3 Å². The summed E-state index contributed by atoms with van der Waals surface area (Å²) in [5.41, 5.74) is 0.397. The van der Waals surface area contributed by atoms with Gasteiger partial charge in [0.05, 0.1) is 11.6 Å². The van der Waals surface area contributed by atoms with Gasteiger partial charge in [0.1, 0.15) is 6.04 Å². The summed E-state index contributed by atoms with van der Waals surface area (Å²) in [7, 11) is 0. The number of nitrogens with one attached hydrogen (secondary N) is 1. The molecule has 1 aromatic carbocycles. The highest BCUT2D eigenvalue weighted by atomic mass is 35.5. The first kappa shape index (κ1) is 12.7. The zero-order valence-electron chi connectivity index (χ0n) is 8.74. The molecule has 0 aliphatic carbocycles. The van der Waals surface area contributed by atoms with Crippen molar-refractivity contribution in [1.82, 2.24) is 5.32 Å². The molecule has 0 radical (unpaired) electrons. The van der Waals surface area contributed by atoms with Gasteiger partial charge >= 0.3 is 5.97 Å². The number of ketones is 1. The van der Waals surface area contributed by atoms with Gasteiger partial charge in [0.25, 0.3) is 0 Å². The summed E-state index contributed by atoms with van der Waals surface area (Å²) in [4.78, 5) is 22.2. The number of benzene rings is 1. The number of carbonyl (C=O) groups is 2. The van der Waals surface area contributed by atoms with E-state index in [0.29, 0.717) is 10.6 Å². The van der Waals surface area contributed by atoms with Crippen molar-refractivity contribution >= 4 is 23.4 Å². The fourth-order valence-corrected chi connectivity index (χ4v) is 1.36. The first-order chi connectivity index (χ1) is 7.52. The number of hydrogen-bond donors (Lipinski definition) is 2. The lowest BCUT2D eigenvalue weighted by molar-refractivity contribution is -0.138. The van der Waals surface area contributed by atoms with Crippen molar-refractivity contribution < 1.29 is 14.7 Å². The molecule has 0 saturated carbocycles. The van der Waals surface area contributed by atoms with Gasteiger partial charge in [-0.1, -0.05) is 23.7 Å². The minimum atomic E-state index is -0.994. The van der Waals surface area contributed by atoms with Crippen molar-refractivity contribution in [3.63, 3.8) is 0 Å². The van der Waals surface area contributed by atoms with E-state index in [2.05, 4.69) is 5.32 Å². The van der Waals surface area contributed by atoms with Crippen molar-refractivity contribution in [3.8, 4) is 0 Å². The van der Waals surface area contributed by atoms with Crippen LogP contribution in [-0.4, -0.2) is 29.4 Å². The molecule has 0 aliphatic heterocycles. The zero-order chi connectivity index (χ0) is 12.1. The number of carboxylic acids is 1. The van der Waals surface area contributed by atoms with Crippen LogP contribution in [0.5, 0.6) is 0 Å². The summed E-state index contributed by atoms with van der Waals surface area (Å²) in [6.07, 6.45) is 0. The van der Waals surface area contributed by atoms with Crippen LogP contribution >= 0.6 is 11.6 Å². The molecule has 0 heterocycles. The highest BCUT2D eigenvalue weighted by molar-refractivity contribution is 6.34. The van der Waals surface area contributed by atoms with Gasteiger partial charge in [-0.05, 0) is 19.1 Å². The maximum absolute atomic E-state index is 11.7. The van der Waals surface area contributed by atoms with Gasteiger partial charge in [0.2, 0.25) is 0 Å². The number of aliphatic carboxylic acids is 1. The van der Waals surface area contributed by atoms with E-state index in [1.54, 1.807) is 24.3 Å². The maximum atomic E-state index is 11.7. The second kappa shape index (κ2) is 5.63. The first-order valence-electron chi connectivity index (χ1n) is 4.76. The van der Waals surface area contributed by atoms with Gasteiger partial charge in [-0.3, -0.25) is 14.9 Å². The molecule has 0 unspecified atom stereocenters. The molecule has 86 valence electrons. The largest absolute Gasteiger partial charge is 0.480 e. The van der Waals surface area contributed by atoms with Crippen molar-refractivity contribution in [2.75, 3.05) is 6.54 Å². The number of carboxylic acid groups (broad SMARTS) is 1. The molecule has 0 bridgehead atoms. The summed E-state index contributed by atoms with van der Waals surface area (Å²) < 4.78 is 0. The predicted octanol–water partition coefficient (Wildman–Crippen LogP) is 1.59. The molecule has 1 aromatic rings. The normalized spacial score (nSPS) is 12.1. The lowest BCUT2D eigenvalue weighted by atomic mass is 10.1. The van der Waals surface area contributed by atoms with Gasteiger partial charge in [0, 0.05) is 5.56 Å². The third-order valence-electron chi connectivity index (χ3n) is 2.11. The maximum Gasteiger partial charge on any atom is 0.320 e. The summed E-state index contributed by atoms with van der Waals surface area (Å²) >= 11 is 5.83. The molecule has 0 aliphatic rings. The Morgan fingerprint density at radius 3 is 2.62 bits per heavy atom. The Bertz CT molecular complexity index is 406. The van der Waals surface area contributed by atoms with Gasteiger partial charge in [0.15, 0.2) is 5.78 Å². The molecule has 16 heavy (non-hydrogen) atoms. The molecular weight excluding hydrogens is 230 g/mol. The average Bonchev–Trinajstić information content (AvgIpc) is 2.25. The highest BCUT2D eigenvalue weighted by Crippen LogP contribution is 2.14. The van der Waals surface area contributed by atoms with E-state index in [1.165, 1.54) is 6.92 Å². The molecule has 0 aromatic heterocycles. The molecule has 4 nitrogen and oxygen atoms in total. The Labute approximate surface area is 98.2 Å². The Morgan fingerprint density at radius 2 is 2.06 bits per heavy atom. The number of hydrogen-bond acceptors (Lipinski definition) is 3. The van der Waals surface area contributed by atoms with Crippen molar-refractivity contribution in [3.05, 3.63) is 34.9 Å². The molecule has 1 atom stereocenters. The second-order valence-electron chi connectivity index (χ2n) is 3.34. The predicted molar refractivity (Wildman–Crippen MR) is 60.9 cm³/mol. The van der Waals surface area contributed by atoms with Gasteiger partial charge < -0.3 is 5.11 Å². The number of rotatable bonds is 5. The van der Waals surface area contributed by atoms with E-state index < -0.39 is 12.0 Å². The Balaban J connectivity index is 2.60. The monoisotopic (exact) mass is 241 g/mol. The highest BCUT2D eigenvalue weighted by Gasteiger charge is 2.14. The van der Waals surface area contributed by atoms with Crippen molar-refractivity contribution in [2.24, 2.45) is 0 Å². The number of Topliss-reactive ketones (excluding diaryl/α,β-unsaturated/α-hetero) is 1. The van der Waals surface area contributed by atoms with E-state index >= 15 is 0 Å². The van der Waals surface area contributed by atoms with Crippen LogP contribution in [-0.2, 0) is 4.79 Å². The lowest BCUT2D eigenvalue weighted by Gasteiger charge is -2.08. The molecule has 0 fully saturated rings. The smallest absolute Gasteiger partial charge is 0.320 e. The van der Waals surface area contributed by atoms with Crippen LogP contribution < -0.4 is 5.32 Å². The Hall–Kier alpha value is -1.39. The second-order valence-corrected chi connectivity index (χ2v) is 3.75. The Morgan fingerprint density at radius 1 is 1.44 bits per heavy atom. The van der Waals surface area contributed by atoms with E-state index in [-0.39, 0.29) is 12.3 Å². The first-order valence-corrected chi connectivity index (χ1v) is 5.14. The fourth-order valence-electron chi connectivity index (χ4n) is 1.12. The summed E-state index contributed by atoms with van der Waals surface area (Å²) in [5, 5.41) is 11.6.